The van der Waals surface area contributed by atoms with Gasteiger partial charge in [-0.1, -0.05) is 20.8 Å². The number of aryl methyl sites for hydroxylation is 1. The normalized spacial score (nSPS) is 18.4. The molecule has 0 N–H and O–H groups in total. The molecule has 5 heteroatoms. The van der Waals surface area contributed by atoms with Gasteiger partial charge < -0.3 is 4.90 Å². The number of hydrogen-bond acceptors (Lipinski definition) is 4. The number of thiazole rings is 1. The summed E-state index contributed by atoms with van der Waals surface area (Å²) in [6.07, 6.45) is 5.03. The van der Waals surface area contributed by atoms with Gasteiger partial charge in [0.15, 0.2) is 0 Å². The fraction of sp³-hybridized carbons (Fsp3) is 0.722. The minimum Gasteiger partial charge on any atom is -0.342 e. The second-order valence-electron chi connectivity index (χ2n) is 6.73. The van der Waals surface area contributed by atoms with Crippen molar-refractivity contribution in [3.05, 3.63) is 16.1 Å². The first kappa shape index (κ1) is 18.1. The Bertz CT molecular complexity index is 539. The highest BCUT2D eigenvalue weighted by Crippen LogP contribution is 2.30. The van der Waals surface area contributed by atoms with Crippen LogP contribution in [0.1, 0.15) is 69.5 Å². The number of nitrogens with zero attached hydrogens (tertiary/aromatic N) is 2. The van der Waals surface area contributed by atoms with Gasteiger partial charge in [-0.15, -0.1) is 11.3 Å². The van der Waals surface area contributed by atoms with Crippen LogP contribution in [0.3, 0.4) is 0 Å². The number of ketones is 1. The van der Waals surface area contributed by atoms with E-state index in [4.69, 9.17) is 4.98 Å². The third kappa shape index (κ3) is 5.13. The number of rotatable bonds is 7. The number of carbonyl (C=O) groups excluding carboxylic acids is 2. The number of amides is 1. The Morgan fingerprint density at radius 2 is 2.17 bits per heavy atom. The van der Waals surface area contributed by atoms with E-state index < -0.39 is 0 Å². The van der Waals surface area contributed by atoms with Crippen molar-refractivity contribution < 1.29 is 9.59 Å². The van der Waals surface area contributed by atoms with Gasteiger partial charge in [0.25, 0.3) is 0 Å². The van der Waals surface area contributed by atoms with E-state index in [9.17, 15) is 9.59 Å². The number of likely N-dealkylation sites (tertiary alicyclic amines) is 1. The van der Waals surface area contributed by atoms with Gasteiger partial charge in [-0.05, 0) is 25.7 Å². The van der Waals surface area contributed by atoms with E-state index >= 15 is 0 Å². The van der Waals surface area contributed by atoms with Gasteiger partial charge in [0.05, 0.1) is 10.7 Å². The van der Waals surface area contributed by atoms with Crippen LogP contribution in [0, 0.1) is 5.92 Å². The predicted molar refractivity (Wildman–Crippen MR) is 93.7 cm³/mol. The second-order valence-corrected chi connectivity index (χ2v) is 7.62. The first-order chi connectivity index (χ1) is 11.0. The second kappa shape index (κ2) is 8.57. The summed E-state index contributed by atoms with van der Waals surface area (Å²) < 4.78 is 0. The van der Waals surface area contributed by atoms with Crippen molar-refractivity contribution in [2.45, 2.75) is 65.2 Å². The van der Waals surface area contributed by atoms with Crippen LogP contribution >= 0.6 is 11.3 Å². The van der Waals surface area contributed by atoms with Crippen molar-refractivity contribution in [3.8, 4) is 0 Å². The molecule has 0 spiro atoms. The van der Waals surface area contributed by atoms with Gasteiger partial charge in [0.1, 0.15) is 5.78 Å². The third-order valence-electron chi connectivity index (χ3n) is 4.43. The smallest absolute Gasteiger partial charge is 0.222 e. The molecule has 1 atom stereocenters. The molecule has 1 aromatic heterocycles. The number of aromatic nitrogens is 1. The first-order valence-corrected chi connectivity index (χ1v) is 9.64. The van der Waals surface area contributed by atoms with Gasteiger partial charge in [-0.2, -0.15) is 0 Å². The van der Waals surface area contributed by atoms with E-state index in [2.05, 4.69) is 5.38 Å². The SMILES string of the molecule is CCCC(=O)N1CCCC(c2nc(CCC(=O)C(C)C)cs2)C1. The Morgan fingerprint density at radius 3 is 2.87 bits per heavy atom. The summed E-state index contributed by atoms with van der Waals surface area (Å²) in [5.74, 6) is 1.04. The molecule has 23 heavy (non-hydrogen) atoms. The molecule has 2 heterocycles. The minimum atomic E-state index is 0.101. The van der Waals surface area contributed by atoms with E-state index in [-0.39, 0.29) is 11.8 Å². The van der Waals surface area contributed by atoms with Crippen molar-refractivity contribution >= 4 is 23.0 Å². The van der Waals surface area contributed by atoms with Crippen molar-refractivity contribution in [1.29, 1.82) is 0 Å². The molecule has 1 aliphatic heterocycles. The van der Waals surface area contributed by atoms with Crippen LogP contribution in [-0.4, -0.2) is 34.7 Å². The molecule has 0 bridgehead atoms. The summed E-state index contributed by atoms with van der Waals surface area (Å²) in [6, 6.07) is 0. The Labute approximate surface area is 143 Å². The number of piperidine rings is 1. The molecular weight excluding hydrogens is 308 g/mol. The van der Waals surface area contributed by atoms with Crippen LogP contribution in [0.5, 0.6) is 0 Å². The molecule has 1 aliphatic rings. The Kier molecular flexibility index (Phi) is 6.75. The number of hydrogen-bond donors (Lipinski definition) is 0. The number of carbonyl (C=O) groups is 2. The molecule has 0 aromatic carbocycles. The lowest BCUT2D eigenvalue weighted by atomic mass is 9.98. The highest BCUT2D eigenvalue weighted by atomic mass is 32.1. The van der Waals surface area contributed by atoms with Gasteiger partial charge >= 0.3 is 0 Å². The maximum atomic E-state index is 12.1. The quantitative estimate of drug-likeness (QED) is 0.761. The zero-order valence-electron chi connectivity index (χ0n) is 14.5. The monoisotopic (exact) mass is 336 g/mol. The highest BCUT2D eigenvalue weighted by Gasteiger charge is 2.26. The molecule has 2 rings (SSSR count). The molecule has 1 amide bonds. The average molecular weight is 337 g/mol. The topological polar surface area (TPSA) is 50.3 Å². The van der Waals surface area contributed by atoms with Crippen LogP contribution in [-0.2, 0) is 16.0 Å². The summed E-state index contributed by atoms with van der Waals surface area (Å²) >= 11 is 1.68. The van der Waals surface area contributed by atoms with Crippen molar-refractivity contribution in [3.63, 3.8) is 0 Å². The fourth-order valence-corrected chi connectivity index (χ4v) is 3.92. The predicted octanol–water partition coefficient (Wildman–Crippen LogP) is 3.81. The summed E-state index contributed by atoms with van der Waals surface area (Å²) in [5, 5.41) is 3.21. The standard InChI is InChI=1S/C18H28N2O2S/c1-4-6-17(22)20-10-5-7-14(11-20)18-19-15(12-23-18)8-9-16(21)13(2)3/h12-14H,4-11H2,1-3H3. The Balaban J connectivity index is 1.91. The summed E-state index contributed by atoms with van der Waals surface area (Å²) in [6.45, 7) is 7.62. The van der Waals surface area contributed by atoms with Crippen molar-refractivity contribution in [1.82, 2.24) is 9.88 Å². The molecular formula is C18H28N2O2S. The molecule has 128 valence electrons. The van der Waals surface area contributed by atoms with Crippen molar-refractivity contribution in [2.75, 3.05) is 13.1 Å². The van der Waals surface area contributed by atoms with Crippen LogP contribution in [0.4, 0.5) is 0 Å². The maximum Gasteiger partial charge on any atom is 0.222 e. The van der Waals surface area contributed by atoms with Gasteiger partial charge in [0, 0.05) is 43.1 Å². The van der Waals surface area contributed by atoms with Gasteiger partial charge in [0.2, 0.25) is 5.91 Å². The van der Waals surface area contributed by atoms with Gasteiger partial charge in [-0.25, -0.2) is 4.98 Å². The molecule has 0 radical (unpaired) electrons. The van der Waals surface area contributed by atoms with Crippen LogP contribution in [0.2, 0.25) is 0 Å². The Hall–Kier alpha value is -1.23. The van der Waals surface area contributed by atoms with Crippen LogP contribution in [0.25, 0.3) is 0 Å². The molecule has 1 aromatic rings. The van der Waals surface area contributed by atoms with E-state index in [0.29, 0.717) is 24.5 Å². The lowest BCUT2D eigenvalue weighted by Gasteiger charge is -2.31. The molecule has 4 nitrogen and oxygen atoms in total. The van der Waals surface area contributed by atoms with E-state index in [1.165, 1.54) is 0 Å². The van der Waals surface area contributed by atoms with E-state index in [0.717, 1.165) is 49.5 Å². The fourth-order valence-electron chi connectivity index (χ4n) is 2.94. The maximum absolute atomic E-state index is 12.1. The largest absolute Gasteiger partial charge is 0.342 e. The van der Waals surface area contributed by atoms with Crippen LogP contribution < -0.4 is 0 Å². The zero-order valence-corrected chi connectivity index (χ0v) is 15.3. The average Bonchev–Trinajstić information content (AvgIpc) is 3.02. The third-order valence-corrected chi connectivity index (χ3v) is 5.48. The molecule has 1 saturated heterocycles. The van der Waals surface area contributed by atoms with Crippen LogP contribution in [0.15, 0.2) is 5.38 Å². The van der Waals surface area contributed by atoms with Gasteiger partial charge in [-0.3, -0.25) is 9.59 Å². The highest BCUT2D eigenvalue weighted by molar-refractivity contribution is 7.09. The molecule has 1 unspecified atom stereocenters. The Morgan fingerprint density at radius 1 is 1.39 bits per heavy atom. The lowest BCUT2D eigenvalue weighted by Crippen LogP contribution is -2.38. The van der Waals surface area contributed by atoms with E-state index in [1.807, 2.05) is 25.7 Å². The first-order valence-electron chi connectivity index (χ1n) is 8.76. The molecule has 0 aliphatic carbocycles. The molecule has 0 saturated carbocycles. The summed E-state index contributed by atoms with van der Waals surface area (Å²) in [7, 11) is 0. The lowest BCUT2D eigenvalue weighted by molar-refractivity contribution is -0.132. The number of Topliss-reactive ketones (excluding diaryl/α,β-unsaturated/α-hetero) is 1. The summed E-state index contributed by atoms with van der Waals surface area (Å²) in [5.41, 5.74) is 1.02. The zero-order chi connectivity index (χ0) is 16.8. The summed E-state index contributed by atoms with van der Waals surface area (Å²) in [4.78, 5) is 30.6. The van der Waals surface area contributed by atoms with Crippen molar-refractivity contribution in [2.24, 2.45) is 5.92 Å². The minimum absolute atomic E-state index is 0.101. The molecule has 1 fully saturated rings. The van der Waals surface area contributed by atoms with E-state index in [1.54, 1.807) is 11.3 Å².